The molecule has 1 saturated heterocycles. The highest BCUT2D eigenvalue weighted by Gasteiger charge is 2.45. The summed E-state index contributed by atoms with van der Waals surface area (Å²) in [6, 6.07) is 12.6. The summed E-state index contributed by atoms with van der Waals surface area (Å²) in [4.78, 5) is 30.9. The fraction of sp³-hybridized carbons (Fsp3) is 0.360. The molecule has 2 atom stereocenters. The Labute approximate surface area is 188 Å². The zero-order chi connectivity index (χ0) is 22.3. The molecule has 0 aromatic heterocycles. The Bertz CT molecular complexity index is 1070. The number of ether oxygens (including phenoxy) is 1. The molecule has 4 rings (SSSR count). The van der Waals surface area contributed by atoms with Gasteiger partial charge in [-0.1, -0.05) is 49.7 Å². The van der Waals surface area contributed by atoms with Crippen molar-refractivity contribution in [3.63, 3.8) is 0 Å². The van der Waals surface area contributed by atoms with Gasteiger partial charge in [0.25, 0.3) is 11.8 Å². The minimum Gasteiger partial charge on any atom is -0.496 e. The van der Waals surface area contributed by atoms with Crippen molar-refractivity contribution in [3.8, 4) is 5.75 Å². The third-order valence-corrected chi connectivity index (χ3v) is 6.51. The Hall–Kier alpha value is -2.79. The van der Waals surface area contributed by atoms with E-state index in [0.717, 1.165) is 19.5 Å². The predicted molar refractivity (Wildman–Crippen MR) is 123 cm³/mol. The molecule has 2 aromatic rings. The van der Waals surface area contributed by atoms with Crippen molar-refractivity contribution in [1.82, 2.24) is 4.90 Å². The molecule has 1 fully saturated rings. The largest absolute Gasteiger partial charge is 0.496 e. The van der Waals surface area contributed by atoms with Gasteiger partial charge in [0.2, 0.25) is 0 Å². The molecule has 0 radical (unpaired) electrons. The van der Waals surface area contributed by atoms with E-state index in [1.54, 1.807) is 25.3 Å². The van der Waals surface area contributed by atoms with Gasteiger partial charge in [-0.2, -0.15) is 0 Å². The first kappa shape index (κ1) is 21.4. The smallest absolute Gasteiger partial charge is 0.282 e. The lowest BCUT2D eigenvalue weighted by Crippen LogP contribution is -2.42. The number of likely N-dealkylation sites (tertiary alicyclic amines) is 1. The summed E-state index contributed by atoms with van der Waals surface area (Å²) in [6.45, 7) is 7.67. The van der Waals surface area contributed by atoms with Gasteiger partial charge in [0.1, 0.15) is 11.4 Å². The second-order valence-electron chi connectivity index (χ2n) is 8.60. The Morgan fingerprint density at radius 1 is 0.968 bits per heavy atom. The summed E-state index contributed by atoms with van der Waals surface area (Å²) in [5.41, 5.74) is 2.69. The van der Waals surface area contributed by atoms with E-state index in [1.807, 2.05) is 31.2 Å². The molecule has 2 aliphatic heterocycles. The van der Waals surface area contributed by atoms with Crippen LogP contribution in [0.3, 0.4) is 0 Å². The molecule has 0 aliphatic carbocycles. The van der Waals surface area contributed by atoms with Crippen LogP contribution in [0.4, 0.5) is 5.69 Å². The van der Waals surface area contributed by atoms with Crippen LogP contribution in [0.1, 0.15) is 31.4 Å². The zero-order valence-corrected chi connectivity index (χ0v) is 19.1. The number of amides is 2. The van der Waals surface area contributed by atoms with E-state index >= 15 is 0 Å². The number of halogens is 1. The molecular formula is C25H27ClN2O3. The third-order valence-electron chi connectivity index (χ3n) is 6.10. The fourth-order valence-electron chi connectivity index (χ4n) is 4.81. The predicted octanol–water partition coefficient (Wildman–Crippen LogP) is 4.92. The van der Waals surface area contributed by atoms with Gasteiger partial charge in [-0.05, 0) is 48.9 Å². The van der Waals surface area contributed by atoms with E-state index < -0.39 is 0 Å². The number of benzene rings is 2. The molecule has 0 bridgehead atoms. The average molecular weight is 439 g/mol. The molecule has 2 aliphatic rings. The summed E-state index contributed by atoms with van der Waals surface area (Å²) in [7, 11) is 1.57. The number of hydrogen-bond donors (Lipinski definition) is 0. The van der Waals surface area contributed by atoms with Gasteiger partial charge in [0, 0.05) is 23.7 Å². The van der Waals surface area contributed by atoms with Gasteiger partial charge in [-0.25, -0.2) is 4.90 Å². The summed E-state index contributed by atoms with van der Waals surface area (Å²) < 4.78 is 5.55. The SMILES string of the molecule is COc1ccccc1C1=C(N2CC(C)CC(C)C2)C(=O)N(c2cccc(Cl)c2C)C1=O. The fourth-order valence-corrected chi connectivity index (χ4v) is 4.98. The van der Waals surface area contributed by atoms with Crippen LogP contribution in [0, 0.1) is 18.8 Å². The Kier molecular flexibility index (Phi) is 5.80. The topological polar surface area (TPSA) is 49.9 Å². The lowest BCUT2D eigenvalue weighted by Gasteiger charge is -2.37. The first-order chi connectivity index (χ1) is 14.8. The molecule has 2 heterocycles. The molecular weight excluding hydrogens is 412 g/mol. The first-order valence-corrected chi connectivity index (χ1v) is 11.0. The van der Waals surface area contributed by atoms with Crippen LogP contribution in [0.5, 0.6) is 5.75 Å². The Morgan fingerprint density at radius 2 is 1.65 bits per heavy atom. The number of para-hydroxylation sites is 1. The maximum absolute atomic E-state index is 13.8. The van der Waals surface area contributed by atoms with E-state index in [4.69, 9.17) is 16.3 Å². The molecule has 0 saturated carbocycles. The number of rotatable bonds is 4. The van der Waals surface area contributed by atoms with Crippen LogP contribution >= 0.6 is 11.6 Å². The zero-order valence-electron chi connectivity index (χ0n) is 18.3. The molecule has 0 spiro atoms. The van der Waals surface area contributed by atoms with E-state index in [-0.39, 0.29) is 11.8 Å². The second-order valence-corrected chi connectivity index (χ2v) is 9.01. The molecule has 2 unspecified atom stereocenters. The minimum absolute atomic E-state index is 0.308. The van der Waals surface area contributed by atoms with E-state index in [9.17, 15) is 9.59 Å². The van der Waals surface area contributed by atoms with Crippen LogP contribution in [0.25, 0.3) is 5.57 Å². The van der Waals surface area contributed by atoms with Crippen molar-refractivity contribution in [3.05, 3.63) is 64.3 Å². The normalized spacial score (nSPS) is 21.8. The van der Waals surface area contributed by atoms with Gasteiger partial charge in [0.15, 0.2) is 0 Å². The van der Waals surface area contributed by atoms with E-state index in [0.29, 0.717) is 50.7 Å². The molecule has 162 valence electrons. The monoisotopic (exact) mass is 438 g/mol. The molecule has 5 nitrogen and oxygen atoms in total. The van der Waals surface area contributed by atoms with Crippen molar-refractivity contribution in [2.75, 3.05) is 25.1 Å². The lowest BCUT2D eigenvalue weighted by atomic mass is 9.91. The minimum atomic E-state index is -0.347. The Balaban J connectivity index is 1.90. The number of imide groups is 1. The number of carbonyl (C=O) groups is 2. The van der Waals surface area contributed by atoms with Crippen molar-refractivity contribution in [1.29, 1.82) is 0 Å². The van der Waals surface area contributed by atoms with Crippen LogP contribution < -0.4 is 9.64 Å². The molecule has 2 amide bonds. The second kappa shape index (κ2) is 8.39. The molecule has 0 N–H and O–H groups in total. The average Bonchev–Trinajstić information content (AvgIpc) is 2.99. The summed E-state index contributed by atoms with van der Waals surface area (Å²) in [5, 5.41) is 0.519. The van der Waals surface area contributed by atoms with E-state index in [1.165, 1.54) is 4.90 Å². The third kappa shape index (κ3) is 3.72. The number of hydrogen-bond acceptors (Lipinski definition) is 4. The quantitative estimate of drug-likeness (QED) is 0.636. The van der Waals surface area contributed by atoms with Crippen LogP contribution in [-0.4, -0.2) is 36.9 Å². The number of piperidine rings is 1. The highest BCUT2D eigenvalue weighted by atomic mass is 35.5. The van der Waals surface area contributed by atoms with Crippen molar-refractivity contribution in [2.24, 2.45) is 11.8 Å². The number of anilines is 1. The molecule has 31 heavy (non-hydrogen) atoms. The van der Waals surface area contributed by atoms with E-state index in [2.05, 4.69) is 18.7 Å². The molecule has 2 aromatic carbocycles. The maximum Gasteiger partial charge on any atom is 0.282 e. The van der Waals surface area contributed by atoms with Gasteiger partial charge in [-0.15, -0.1) is 0 Å². The molecule has 6 heteroatoms. The summed E-state index contributed by atoms with van der Waals surface area (Å²) >= 11 is 6.32. The number of carbonyl (C=O) groups excluding carboxylic acids is 2. The van der Waals surface area contributed by atoms with Crippen molar-refractivity contribution >= 4 is 34.7 Å². The van der Waals surface area contributed by atoms with Gasteiger partial charge in [0.05, 0.1) is 18.4 Å². The maximum atomic E-state index is 13.8. The van der Waals surface area contributed by atoms with Crippen molar-refractivity contribution in [2.45, 2.75) is 27.2 Å². The van der Waals surface area contributed by atoms with Gasteiger partial charge in [-0.3, -0.25) is 9.59 Å². The highest BCUT2D eigenvalue weighted by Crippen LogP contribution is 2.41. The standard InChI is InChI=1S/C25H27ClN2O3/c1-15-12-16(2)14-27(13-15)23-22(18-8-5-6-11-21(18)31-4)24(29)28(25(23)30)20-10-7-9-19(26)17(20)3/h5-11,15-16H,12-14H2,1-4H3. The lowest BCUT2D eigenvalue weighted by molar-refractivity contribution is -0.120. The summed E-state index contributed by atoms with van der Waals surface area (Å²) in [5.74, 6) is 0.775. The Morgan fingerprint density at radius 3 is 2.32 bits per heavy atom. The summed E-state index contributed by atoms with van der Waals surface area (Å²) in [6.07, 6.45) is 1.10. The number of nitrogens with zero attached hydrogens (tertiary/aromatic N) is 2. The van der Waals surface area contributed by atoms with Crippen LogP contribution in [0.2, 0.25) is 5.02 Å². The van der Waals surface area contributed by atoms with Crippen molar-refractivity contribution < 1.29 is 14.3 Å². The van der Waals surface area contributed by atoms with Crippen LogP contribution in [0.15, 0.2) is 48.2 Å². The first-order valence-electron chi connectivity index (χ1n) is 10.6. The van der Waals surface area contributed by atoms with Gasteiger partial charge >= 0.3 is 0 Å². The number of methoxy groups -OCH3 is 1. The van der Waals surface area contributed by atoms with Crippen LogP contribution in [-0.2, 0) is 9.59 Å². The van der Waals surface area contributed by atoms with Gasteiger partial charge < -0.3 is 9.64 Å². The highest BCUT2D eigenvalue weighted by molar-refractivity contribution is 6.46.